The number of aliphatic hydroxyl groups is 3. The Labute approximate surface area is 222 Å². The first-order valence-electron chi connectivity index (χ1n) is 12.1. The first-order chi connectivity index (χ1) is 17.2. The Kier molecular flexibility index (Phi) is 9.54. The minimum absolute atomic E-state index is 0. The third-order valence-electron chi connectivity index (χ3n) is 6.29. The number of nitrogens with zero attached hydrogens (tertiary/aromatic N) is 3. The zero-order valence-corrected chi connectivity index (χ0v) is 22.5. The number of methoxy groups -OCH3 is 1. The Hall–Kier alpha value is -2.70. The van der Waals surface area contributed by atoms with E-state index in [4.69, 9.17) is 13.9 Å². The lowest BCUT2D eigenvalue weighted by molar-refractivity contribution is 0.00446. The van der Waals surface area contributed by atoms with Gasteiger partial charge >= 0.3 is 0 Å². The molecule has 0 unspecified atom stereocenters. The highest BCUT2D eigenvalue weighted by Crippen LogP contribution is 2.38. The highest BCUT2D eigenvalue weighted by molar-refractivity contribution is 5.88. The molecule has 11 nitrogen and oxygen atoms in total. The number of fused-ring (bicyclic) bond motifs is 1. The molecule has 0 aliphatic heterocycles. The van der Waals surface area contributed by atoms with Crippen LogP contribution in [0.1, 0.15) is 31.7 Å². The first-order valence-corrected chi connectivity index (χ1v) is 12.1. The minimum Gasteiger partial charge on any atom is -0.475 e. The molecule has 5 N–H and O–H groups in total. The molecule has 0 aromatic carbocycles. The molecular weight excluding hydrogens is 502 g/mol. The number of aromatic nitrogens is 3. The minimum atomic E-state index is -1.06. The van der Waals surface area contributed by atoms with Crippen LogP contribution in [0.25, 0.3) is 22.3 Å². The van der Waals surface area contributed by atoms with Gasteiger partial charge in [0.15, 0.2) is 5.58 Å². The molecule has 0 spiro atoms. The predicted molar refractivity (Wildman–Crippen MR) is 143 cm³/mol. The van der Waals surface area contributed by atoms with E-state index >= 15 is 0 Å². The third-order valence-corrected chi connectivity index (χ3v) is 6.29. The van der Waals surface area contributed by atoms with Crippen LogP contribution in [-0.2, 0) is 4.74 Å². The van der Waals surface area contributed by atoms with Crippen molar-refractivity contribution in [2.45, 2.75) is 58.5 Å². The Morgan fingerprint density at radius 3 is 2.51 bits per heavy atom. The number of furan rings is 1. The second kappa shape index (κ2) is 12.2. The molecule has 1 saturated carbocycles. The van der Waals surface area contributed by atoms with E-state index in [0.29, 0.717) is 65.5 Å². The predicted octanol–water partition coefficient (Wildman–Crippen LogP) is 2.68. The molecule has 4 atom stereocenters. The Morgan fingerprint density at radius 2 is 1.86 bits per heavy atom. The van der Waals surface area contributed by atoms with Crippen molar-refractivity contribution in [1.29, 1.82) is 0 Å². The van der Waals surface area contributed by atoms with Gasteiger partial charge in [-0.2, -0.15) is 4.98 Å². The molecule has 3 aromatic rings. The van der Waals surface area contributed by atoms with Gasteiger partial charge in [-0.3, -0.25) is 0 Å². The van der Waals surface area contributed by atoms with Crippen LogP contribution in [0.3, 0.4) is 0 Å². The summed E-state index contributed by atoms with van der Waals surface area (Å²) in [4.78, 5) is 13.8. The number of ether oxygens (including phenoxy) is 2. The van der Waals surface area contributed by atoms with Gasteiger partial charge in [0.05, 0.1) is 41.8 Å². The zero-order chi connectivity index (χ0) is 26.0. The Balaban J connectivity index is 0.00000380. The number of aliphatic hydroxyl groups excluding tert-OH is 3. The maximum atomic E-state index is 10.6. The van der Waals surface area contributed by atoms with Gasteiger partial charge in [0.2, 0.25) is 11.8 Å². The van der Waals surface area contributed by atoms with Crippen molar-refractivity contribution in [2.75, 3.05) is 37.5 Å². The van der Waals surface area contributed by atoms with Crippen molar-refractivity contribution in [2.24, 2.45) is 5.92 Å². The molecule has 0 radical (unpaired) electrons. The Bertz CT molecular complexity index is 1210. The summed E-state index contributed by atoms with van der Waals surface area (Å²) in [5, 5.41) is 37.7. The number of anilines is 2. The van der Waals surface area contributed by atoms with Crippen LogP contribution in [0, 0.1) is 19.8 Å². The first kappa shape index (κ1) is 28.9. The lowest BCUT2D eigenvalue weighted by Crippen LogP contribution is -2.35. The van der Waals surface area contributed by atoms with Gasteiger partial charge in [-0.15, -0.1) is 12.4 Å². The van der Waals surface area contributed by atoms with Crippen molar-refractivity contribution < 1.29 is 29.2 Å². The van der Waals surface area contributed by atoms with Crippen molar-refractivity contribution in [3.8, 4) is 17.2 Å². The maximum absolute atomic E-state index is 10.6. The zero-order valence-electron chi connectivity index (χ0n) is 21.7. The molecule has 3 heterocycles. The van der Waals surface area contributed by atoms with Crippen LogP contribution in [0.5, 0.6) is 5.88 Å². The van der Waals surface area contributed by atoms with E-state index in [-0.39, 0.29) is 25.1 Å². The number of hydrogen-bond donors (Lipinski definition) is 5. The molecule has 4 rings (SSSR count). The number of nitrogens with one attached hydrogen (secondary N) is 2. The van der Waals surface area contributed by atoms with Gasteiger partial charge in [-0.1, -0.05) is 0 Å². The highest BCUT2D eigenvalue weighted by atomic mass is 35.5. The summed E-state index contributed by atoms with van der Waals surface area (Å²) in [7, 11) is 1.62. The van der Waals surface area contributed by atoms with E-state index in [1.165, 1.54) is 0 Å². The van der Waals surface area contributed by atoms with Gasteiger partial charge < -0.3 is 39.8 Å². The second-order valence-electron chi connectivity index (χ2n) is 9.43. The van der Waals surface area contributed by atoms with E-state index in [9.17, 15) is 15.3 Å². The molecule has 204 valence electrons. The quantitative estimate of drug-likeness (QED) is 0.242. The highest BCUT2D eigenvalue weighted by Gasteiger charge is 2.41. The molecule has 37 heavy (non-hydrogen) atoms. The van der Waals surface area contributed by atoms with Crippen molar-refractivity contribution in [3.63, 3.8) is 0 Å². The number of hydrogen-bond acceptors (Lipinski definition) is 11. The molecular formula is C25H36ClN5O6. The van der Waals surface area contributed by atoms with Gasteiger partial charge in [0, 0.05) is 37.6 Å². The van der Waals surface area contributed by atoms with E-state index in [1.54, 1.807) is 7.11 Å². The summed E-state index contributed by atoms with van der Waals surface area (Å²) in [6.07, 6.45) is -1.72. The average molecular weight is 538 g/mol. The van der Waals surface area contributed by atoms with Gasteiger partial charge in [-0.05, 0) is 40.2 Å². The Morgan fingerprint density at radius 1 is 1.11 bits per heavy atom. The van der Waals surface area contributed by atoms with Crippen LogP contribution >= 0.6 is 12.4 Å². The number of aryl methyl sites for hydroxylation is 2. The molecule has 1 fully saturated rings. The van der Waals surface area contributed by atoms with Crippen LogP contribution in [0.4, 0.5) is 11.8 Å². The molecule has 12 heteroatoms. The molecule has 3 aromatic heterocycles. The van der Waals surface area contributed by atoms with Gasteiger partial charge in [0.25, 0.3) is 0 Å². The summed E-state index contributed by atoms with van der Waals surface area (Å²) in [5.41, 5.74) is 2.61. The summed E-state index contributed by atoms with van der Waals surface area (Å²) < 4.78 is 17.1. The summed E-state index contributed by atoms with van der Waals surface area (Å²) >= 11 is 0. The normalized spacial score (nSPS) is 21.3. The number of halogens is 1. The van der Waals surface area contributed by atoms with Crippen LogP contribution < -0.4 is 15.4 Å². The smallest absolute Gasteiger partial charge is 0.224 e. The standard InChI is InChI=1S/C25H35N5O6.ClH/c1-12(2)35-19-10-15-9-18(36-23(15)14(4)27-19)20-13(3)28-25(26-6-7-34-5)30-24(20)29-17-8-16(11-31)21(32)22(17)33;/h9-10,12,16-17,21-22,31-33H,6-8,11H2,1-5H3,(H2,26,28,29,30);1H/t16-,17-,21-,22+;/m1./s1. The van der Waals surface area contributed by atoms with E-state index in [0.717, 1.165) is 5.39 Å². The van der Waals surface area contributed by atoms with Crippen LogP contribution in [-0.4, -0.2) is 81.5 Å². The molecule has 1 aliphatic rings. The lowest BCUT2D eigenvalue weighted by Gasteiger charge is -2.21. The summed E-state index contributed by atoms with van der Waals surface area (Å²) in [5.74, 6) is 1.46. The topological polar surface area (TPSA) is 155 Å². The lowest BCUT2D eigenvalue weighted by atomic mass is 10.1. The number of rotatable bonds is 10. The van der Waals surface area contributed by atoms with Crippen molar-refractivity contribution in [3.05, 3.63) is 23.5 Å². The van der Waals surface area contributed by atoms with Crippen LogP contribution in [0.2, 0.25) is 0 Å². The van der Waals surface area contributed by atoms with Crippen molar-refractivity contribution in [1.82, 2.24) is 15.0 Å². The van der Waals surface area contributed by atoms with Crippen molar-refractivity contribution >= 4 is 35.1 Å². The van der Waals surface area contributed by atoms with Crippen LogP contribution in [0.15, 0.2) is 16.5 Å². The fraction of sp³-hybridized carbons (Fsp3) is 0.560. The van der Waals surface area contributed by atoms with Gasteiger partial charge in [-0.25, -0.2) is 9.97 Å². The van der Waals surface area contributed by atoms with E-state index in [1.807, 2.05) is 39.8 Å². The molecule has 0 amide bonds. The molecule has 0 saturated heterocycles. The largest absolute Gasteiger partial charge is 0.475 e. The maximum Gasteiger partial charge on any atom is 0.224 e. The van der Waals surface area contributed by atoms with E-state index < -0.39 is 24.2 Å². The number of pyridine rings is 1. The third kappa shape index (κ3) is 6.24. The monoisotopic (exact) mass is 537 g/mol. The average Bonchev–Trinajstić information content (AvgIpc) is 3.35. The fourth-order valence-corrected chi connectivity index (χ4v) is 4.54. The SMILES string of the molecule is COCCNc1nc(C)c(-c2cc3cc(OC(C)C)nc(C)c3o2)c(N[C@@H]2C[C@H](CO)[C@@H](O)[C@H]2O)n1.Cl. The van der Waals surface area contributed by atoms with E-state index in [2.05, 4.69) is 25.6 Å². The molecule has 0 bridgehead atoms. The van der Waals surface area contributed by atoms with Gasteiger partial charge in [0.1, 0.15) is 17.7 Å². The molecule has 1 aliphatic carbocycles. The summed E-state index contributed by atoms with van der Waals surface area (Å²) in [6.45, 7) is 8.38. The second-order valence-corrected chi connectivity index (χ2v) is 9.43. The summed E-state index contributed by atoms with van der Waals surface area (Å²) in [6, 6.07) is 3.21. The fourth-order valence-electron chi connectivity index (χ4n) is 4.54.